The Morgan fingerprint density at radius 3 is 2.38 bits per heavy atom. The SMILES string of the molecule is C=C/C=c1/c(NC(=O)[C@H](Cc2ccccc2)NC(=O)c2ccc(C=N)c3ccccc23)ccc/c1=C/C.[HH].[HH]. The average molecular weight is 492 g/mol. The van der Waals surface area contributed by atoms with Crippen molar-refractivity contribution >= 4 is 46.6 Å². The van der Waals surface area contributed by atoms with Gasteiger partial charge < -0.3 is 16.0 Å². The first-order valence-electron chi connectivity index (χ1n) is 12.1. The number of rotatable bonds is 8. The number of hydrogen-bond donors (Lipinski definition) is 3. The first kappa shape index (κ1) is 25.3. The second-order valence-corrected chi connectivity index (χ2v) is 8.60. The van der Waals surface area contributed by atoms with E-state index >= 15 is 0 Å². The van der Waals surface area contributed by atoms with Gasteiger partial charge >= 0.3 is 0 Å². The molecule has 0 saturated heterocycles. The lowest BCUT2D eigenvalue weighted by Gasteiger charge is -2.20. The summed E-state index contributed by atoms with van der Waals surface area (Å²) in [6.45, 7) is 5.74. The summed E-state index contributed by atoms with van der Waals surface area (Å²) in [6.07, 6.45) is 7.11. The molecule has 0 aliphatic rings. The highest BCUT2D eigenvalue weighted by molar-refractivity contribution is 6.12. The highest BCUT2D eigenvalue weighted by Gasteiger charge is 2.23. The van der Waals surface area contributed by atoms with Gasteiger partial charge in [0.15, 0.2) is 0 Å². The summed E-state index contributed by atoms with van der Waals surface area (Å²) in [4.78, 5) is 27.1. The maximum atomic E-state index is 13.6. The number of allylic oxidation sites excluding steroid dienone is 1. The molecule has 2 amide bonds. The average Bonchev–Trinajstić information content (AvgIpc) is 2.93. The highest BCUT2D eigenvalue weighted by atomic mass is 16.2. The zero-order chi connectivity index (χ0) is 26.2. The van der Waals surface area contributed by atoms with Crippen molar-refractivity contribution in [3.63, 3.8) is 0 Å². The Morgan fingerprint density at radius 2 is 1.68 bits per heavy atom. The van der Waals surface area contributed by atoms with Gasteiger partial charge in [-0.2, -0.15) is 0 Å². The fraction of sp³-hybridized carbons (Fsp3) is 0.0938. The van der Waals surface area contributed by atoms with E-state index in [1.54, 1.807) is 18.2 Å². The Balaban J connectivity index is 0.00000267. The van der Waals surface area contributed by atoms with Crippen molar-refractivity contribution in [2.24, 2.45) is 0 Å². The molecule has 5 nitrogen and oxygen atoms in total. The molecule has 4 aromatic rings. The third kappa shape index (κ3) is 5.73. The smallest absolute Gasteiger partial charge is 0.252 e. The minimum atomic E-state index is -0.818. The second-order valence-electron chi connectivity index (χ2n) is 8.60. The van der Waals surface area contributed by atoms with E-state index < -0.39 is 6.04 Å². The van der Waals surface area contributed by atoms with E-state index in [0.717, 1.165) is 32.3 Å². The molecule has 4 aromatic carbocycles. The number of anilines is 1. The van der Waals surface area contributed by atoms with Gasteiger partial charge in [-0.1, -0.05) is 97.6 Å². The maximum Gasteiger partial charge on any atom is 0.252 e. The van der Waals surface area contributed by atoms with E-state index in [-0.39, 0.29) is 14.7 Å². The molecule has 0 heterocycles. The Bertz CT molecular complexity index is 1600. The Kier molecular flexibility index (Phi) is 8.06. The van der Waals surface area contributed by atoms with Crippen molar-refractivity contribution in [2.75, 3.05) is 5.32 Å². The molecule has 1 atom stereocenters. The van der Waals surface area contributed by atoms with Gasteiger partial charge in [0.1, 0.15) is 6.04 Å². The Labute approximate surface area is 219 Å². The summed E-state index contributed by atoms with van der Waals surface area (Å²) in [5.41, 5.74) is 2.76. The zero-order valence-corrected chi connectivity index (χ0v) is 20.7. The minimum Gasteiger partial charge on any atom is -0.340 e. The number of hydrogen-bond acceptors (Lipinski definition) is 3. The molecule has 0 saturated carbocycles. The van der Waals surface area contributed by atoms with Crippen molar-refractivity contribution in [1.82, 2.24) is 5.32 Å². The molecule has 0 aliphatic heterocycles. The summed E-state index contributed by atoms with van der Waals surface area (Å²) >= 11 is 0. The molecule has 0 aliphatic carbocycles. The summed E-state index contributed by atoms with van der Waals surface area (Å²) in [7, 11) is 0. The largest absolute Gasteiger partial charge is 0.340 e. The fourth-order valence-electron chi connectivity index (χ4n) is 4.41. The van der Waals surface area contributed by atoms with Crippen LogP contribution in [0.5, 0.6) is 0 Å². The van der Waals surface area contributed by atoms with Crippen molar-refractivity contribution in [3.05, 3.63) is 125 Å². The monoisotopic (exact) mass is 491 g/mol. The summed E-state index contributed by atoms with van der Waals surface area (Å²) < 4.78 is 0. The Morgan fingerprint density at radius 1 is 0.946 bits per heavy atom. The standard InChI is InChI=1S/C32H29N3O2.2H2/c1-3-11-26-23(4-2)14-10-17-29(26)34-32(37)30(20-22-12-6-5-7-13-22)35-31(36)28-19-18-24(21-33)25-15-8-9-16-27(25)28;;/h3-19,21,30,33H,1,20H2,2H3,(H,34,37)(H,35,36);2*1H/b23-4-,26-11+,33-21?;;/t30-;;/m0../s1. The van der Waals surface area contributed by atoms with Gasteiger partial charge in [0, 0.05) is 32.0 Å². The first-order valence-corrected chi connectivity index (χ1v) is 12.1. The zero-order valence-electron chi connectivity index (χ0n) is 20.7. The molecular weight excluding hydrogens is 458 g/mol. The third-order valence-electron chi connectivity index (χ3n) is 6.26. The van der Waals surface area contributed by atoms with E-state index in [4.69, 9.17) is 5.41 Å². The third-order valence-corrected chi connectivity index (χ3v) is 6.26. The van der Waals surface area contributed by atoms with Crippen LogP contribution < -0.4 is 21.1 Å². The number of fused-ring (bicyclic) bond motifs is 1. The highest BCUT2D eigenvalue weighted by Crippen LogP contribution is 2.22. The number of amides is 2. The second kappa shape index (κ2) is 11.8. The van der Waals surface area contributed by atoms with Gasteiger partial charge in [-0.15, -0.1) is 0 Å². The first-order chi connectivity index (χ1) is 18.0. The fourth-order valence-corrected chi connectivity index (χ4v) is 4.41. The van der Waals surface area contributed by atoms with Crippen molar-refractivity contribution in [3.8, 4) is 0 Å². The van der Waals surface area contributed by atoms with Crippen LogP contribution in [0.2, 0.25) is 0 Å². The number of nitrogens with one attached hydrogen (secondary N) is 3. The number of carbonyl (C=O) groups excluding carboxylic acids is 2. The van der Waals surface area contributed by atoms with Crippen LogP contribution in [0.25, 0.3) is 22.9 Å². The van der Waals surface area contributed by atoms with Crippen LogP contribution in [-0.2, 0) is 11.2 Å². The minimum absolute atomic E-state index is 0. The molecule has 0 aromatic heterocycles. The van der Waals surface area contributed by atoms with Crippen molar-refractivity contribution in [2.45, 2.75) is 19.4 Å². The van der Waals surface area contributed by atoms with Crippen molar-refractivity contribution < 1.29 is 12.4 Å². The molecule has 37 heavy (non-hydrogen) atoms. The van der Waals surface area contributed by atoms with Crippen LogP contribution in [0.15, 0.2) is 97.6 Å². The van der Waals surface area contributed by atoms with Crippen LogP contribution in [-0.4, -0.2) is 24.1 Å². The van der Waals surface area contributed by atoms with E-state index in [9.17, 15) is 9.59 Å². The molecular formula is C32H33N3O2. The molecule has 4 rings (SSSR count). The van der Waals surface area contributed by atoms with E-state index in [2.05, 4.69) is 17.2 Å². The van der Waals surface area contributed by atoms with Crippen molar-refractivity contribution in [1.29, 1.82) is 5.41 Å². The number of benzene rings is 4. The lowest BCUT2D eigenvalue weighted by molar-refractivity contribution is -0.118. The molecule has 0 radical (unpaired) electrons. The van der Waals surface area contributed by atoms with Gasteiger partial charge in [-0.05, 0) is 46.2 Å². The van der Waals surface area contributed by atoms with Gasteiger partial charge in [0.25, 0.3) is 5.91 Å². The molecule has 188 valence electrons. The predicted molar refractivity (Wildman–Crippen MR) is 157 cm³/mol. The summed E-state index contributed by atoms with van der Waals surface area (Å²) in [5.74, 6) is -0.665. The molecule has 0 unspecified atom stereocenters. The van der Waals surface area contributed by atoms with E-state index in [0.29, 0.717) is 17.7 Å². The quantitative estimate of drug-likeness (QED) is 0.301. The molecule has 5 heteroatoms. The topological polar surface area (TPSA) is 82.1 Å². The van der Waals surface area contributed by atoms with Gasteiger partial charge in [0.2, 0.25) is 5.91 Å². The van der Waals surface area contributed by atoms with Crippen LogP contribution in [0.4, 0.5) is 5.69 Å². The number of carbonyl (C=O) groups is 2. The van der Waals surface area contributed by atoms with Gasteiger partial charge in [-0.25, -0.2) is 0 Å². The molecule has 0 spiro atoms. The molecule has 3 N–H and O–H groups in total. The lowest BCUT2D eigenvalue weighted by Crippen LogP contribution is -2.46. The maximum absolute atomic E-state index is 13.6. The summed E-state index contributed by atoms with van der Waals surface area (Å²) in [6, 6.07) is 25.4. The lowest BCUT2D eigenvalue weighted by atomic mass is 9.98. The van der Waals surface area contributed by atoms with E-state index in [1.807, 2.05) is 91.9 Å². The van der Waals surface area contributed by atoms with Gasteiger partial charge in [-0.3, -0.25) is 9.59 Å². The Hall–Kier alpha value is -4.77. The molecule has 0 bridgehead atoms. The predicted octanol–water partition coefficient (Wildman–Crippen LogP) is 5.08. The van der Waals surface area contributed by atoms with Crippen LogP contribution in [0, 0.1) is 5.41 Å². The van der Waals surface area contributed by atoms with Crippen LogP contribution in [0.3, 0.4) is 0 Å². The molecule has 0 fully saturated rings. The summed E-state index contributed by atoms with van der Waals surface area (Å²) in [5, 5.41) is 17.0. The van der Waals surface area contributed by atoms with Crippen LogP contribution >= 0.6 is 0 Å². The van der Waals surface area contributed by atoms with Gasteiger partial charge in [0.05, 0.1) is 0 Å². The van der Waals surface area contributed by atoms with E-state index in [1.165, 1.54) is 6.21 Å². The normalized spacial score (nSPS) is 12.7. The van der Waals surface area contributed by atoms with Crippen LogP contribution in [0.1, 0.15) is 31.3 Å².